The summed E-state index contributed by atoms with van der Waals surface area (Å²) in [4.78, 5) is 11.6. The average molecular weight is 298 g/mol. The molecule has 0 saturated carbocycles. The summed E-state index contributed by atoms with van der Waals surface area (Å²) in [5, 5.41) is 3.15. The fraction of sp³-hybridized carbons (Fsp3) is 0.462. The van der Waals surface area contributed by atoms with Gasteiger partial charge in [0.15, 0.2) is 0 Å². The molecule has 6 nitrogen and oxygen atoms in total. The first kappa shape index (κ1) is 15.0. The highest BCUT2D eigenvalue weighted by molar-refractivity contribution is 7.89. The van der Waals surface area contributed by atoms with E-state index in [4.69, 9.17) is 0 Å². The molecule has 1 heterocycles. The number of sulfonamides is 1. The van der Waals surface area contributed by atoms with Crippen molar-refractivity contribution in [2.45, 2.75) is 17.9 Å². The van der Waals surface area contributed by atoms with Gasteiger partial charge in [0.1, 0.15) is 0 Å². The molecule has 2 rings (SSSR count). The number of ether oxygens (including phenoxy) is 1. The number of rotatable bonds is 3. The second-order valence-electron chi connectivity index (χ2n) is 4.69. The van der Waals surface area contributed by atoms with Gasteiger partial charge in [-0.2, -0.15) is 4.31 Å². The zero-order valence-corrected chi connectivity index (χ0v) is 12.3. The zero-order valence-electron chi connectivity index (χ0n) is 11.5. The second kappa shape index (κ2) is 5.90. The minimum atomic E-state index is -3.59. The lowest BCUT2D eigenvalue weighted by atomic mass is 10.2. The van der Waals surface area contributed by atoms with Crippen LogP contribution in [0.25, 0.3) is 0 Å². The molecular formula is C13H18N2O4S. The number of hydrogen-bond donors (Lipinski definition) is 1. The highest BCUT2D eigenvalue weighted by Gasteiger charge is 2.31. The zero-order chi connectivity index (χ0) is 14.8. The number of piperazine rings is 1. The molecule has 1 aromatic rings. The Bertz CT molecular complexity index is 600. The predicted octanol–water partition coefficient (Wildman–Crippen LogP) is 0.456. The van der Waals surface area contributed by atoms with Crippen LogP contribution in [0.4, 0.5) is 0 Å². The smallest absolute Gasteiger partial charge is 0.337 e. The van der Waals surface area contributed by atoms with Crippen LogP contribution in [0.2, 0.25) is 0 Å². The molecule has 7 heteroatoms. The Morgan fingerprint density at radius 2 is 2.20 bits per heavy atom. The maximum atomic E-state index is 12.6. The number of benzene rings is 1. The summed E-state index contributed by atoms with van der Waals surface area (Å²) in [6.45, 7) is 3.52. The Kier molecular flexibility index (Phi) is 4.42. The van der Waals surface area contributed by atoms with Crippen molar-refractivity contribution in [2.75, 3.05) is 26.7 Å². The quantitative estimate of drug-likeness (QED) is 0.820. The van der Waals surface area contributed by atoms with E-state index in [2.05, 4.69) is 10.1 Å². The molecule has 0 amide bonds. The Morgan fingerprint density at radius 1 is 1.45 bits per heavy atom. The number of esters is 1. The summed E-state index contributed by atoms with van der Waals surface area (Å²) in [6, 6.07) is 5.82. The molecule has 0 bridgehead atoms. The summed E-state index contributed by atoms with van der Waals surface area (Å²) in [6.07, 6.45) is 0. The van der Waals surface area contributed by atoms with Gasteiger partial charge < -0.3 is 10.1 Å². The van der Waals surface area contributed by atoms with Crippen molar-refractivity contribution in [1.82, 2.24) is 9.62 Å². The molecule has 1 saturated heterocycles. The van der Waals surface area contributed by atoms with Gasteiger partial charge in [-0.1, -0.05) is 6.07 Å². The fourth-order valence-corrected chi connectivity index (χ4v) is 3.89. The fourth-order valence-electron chi connectivity index (χ4n) is 2.22. The van der Waals surface area contributed by atoms with Crippen LogP contribution in [0.15, 0.2) is 29.2 Å². The molecule has 1 aromatic carbocycles. The third-order valence-electron chi connectivity index (χ3n) is 3.30. The molecule has 0 aromatic heterocycles. The van der Waals surface area contributed by atoms with E-state index >= 15 is 0 Å². The molecule has 1 atom stereocenters. The van der Waals surface area contributed by atoms with E-state index in [1.54, 1.807) is 6.07 Å². The summed E-state index contributed by atoms with van der Waals surface area (Å²) in [5.74, 6) is -0.546. The molecule has 0 aliphatic carbocycles. The van der Waals surface area contributed by atoms with Gasteiger partial charge in [-0.25, -0.2) is 13.2 Å². The second-order valence-corrected chi connectivity index (χ2v) is 6.58. The molecular weight excluding hydrogens is 280 g/mol. The first-order chi connectivity index (χ1) is 9.46. The van der Waals surface area contributed by atoms with E-state index < -0.39 is 16.0 Å². The number of carbonyl (C=O) groups excluding carboxylic acids is 1. The Labute approximate surface area is 118 Å². The lowest BCUT2D eigenvalue weighted by molar-refractivity contribution is 0.0600. The van der Waals surface area contributed by atoms with Crippen LogP contribution in [-0.2, 0) is 14.8 Å². The van der Waals surface area contributed by atoms with Gasteiger partial charge in [0.25, 0.3) is 0 Å². The number of nitrogens with one attached hydrogen (secondary N) is 1. The van der Waals surface area contributed by atoms with E-state index in [1.807, 2.05) is 6.92 Å². The predicted molar refractivity (Wildman–Crippen MR) is 74.0 cm³/mol. The highest BCUT2D eigenvalue weighted by Crippen LogP contribution is 2.20. The molecule has 1 aliphatic heterocycles. The highest BCUT2D eigenvalue weighted by atomic mass is 32.2. The molecule has 1 fully saturated rings. The molecule has 0 radical (unpaired) electrons. The normalized spacial score (nSPS) is 20.6. The summed E-state index contributed by atoms with van der Waals surface area (Å²) < 4.78 is 31.3. The Morgan fingerprint density at radius 3 is 2.85 bits per heavy atom. The number of nitrogens with zero attached hydrogens (tertiary/aromatic N) is 1. The van der Waals surface area contributed by atoms with E-state index in [1.165, 1.54) is 29.6 Å². The van der Waals surface area contributed by atoms with Gasteiger partial charge in [0.05, 0.1) is 17.6 Å². The minimum Gasteiger partial charge on any atom is -0.465 e. The van der Waals surface area contributed by atoms with Crippen LogP contribution in [0.3, 0.4) is 0 Å². The van der Waals surface area contributed by atoms with Crippen LogP contribution in [0, 0.1) is 0 Å². The van der Waals surface area contributed by atoms with Gasteiger partial charge in [-0.05, 0) is 25.1 Å². The largest absolute Gasteiger partial charge is 0.465 e. The van der Waals surface area contributed by atoms with Crippen LogP contribution < -0.4 is 5.32 Å². The Balaban J connectivity index is 2.36. The molecule has 0 spiro atoms. The van der Waals surface area contributed by atoms with Crippen LogP contribution in [-0.4, -0.2) is 51.5 Å². The molecule has 20 heavy (non-hydrogen) atoms. The third kappa shape index (κ3) is 2.84. The average Bonchev–Trinajstić information content (AvgIpc) is 2.47. The van der Waals surface area contributed by atoms with Crippen molar-refractivity contribution in [3.05, 3.63) is 29.8 Å². The summed E-state index contributed by atoms with van der Waals surface area (Å²) in [5.41, 5.74) is 0.233. The number of hydrogen-bond acceptors (Lipinski definition) is 5. The number of carbonyl (C=O) groups is 1. The maximum absolute atomic E-state index is 12.6. The van der Waals surface area contributed by atoms with E-state index in [0.29, 0.717) is 19.6 Å². The molecule has 1 N–H and O–H groups in total. The number of methoxy groups -OCH3 is 1. The summed E-state index contributed by atoms with van der Waals surface area (Å²) in [7, 11) is -2.32. The van der Waals surface area contributed by atoms with E-state index in [0.717, 1.165) is 0 Å². The van der Waals surface area contributed by atoms with Gasteiger partial charge >= 0.3 is 5.97 Å². The molecule has 1 aliphatic rings. The van der Waals surface area contributed by atoms with Crippen molar-refractivity contribution >= 4 is 16.0 Å². The van der Waals surface area contributed by atoms with Crippen LogP contribution >= 0.6 is 0 Å². The first-order valence-corrected chi connectivity index (χ1v) is 7.82. The van der Waals surface area contributed by atoms with Gasteiger partial charge in [-0.3, -0.25) is 0 Å². The SMILES string of the molecule is COC(=O)c1cccc(S(=O)(=O)N2CCNC[C@@H]2C)c1. The van der Waals surface area contributed by atoms with Gasteiger partial charge in [0.2, 0.25) is 10.0 Å². The van der Waals surface area contributed by atoms with Crippen molar-refractivity contribution in [3.63, 3.8) is 0 Å². The topological polar surface area (TPSA) is 75.7 Å². The van der Waals surface area contributed by atoms with Crippen molar-refractivity contribution in [2.24, 2.45) is 0 Å². The van der Waals surface area contributed by atoms with Crippen molar-refractivity contribution in [3.8, 4) is 0 Å². The van der Waals surface area contributed by atoms with Crippen LogP contribution in [0.1, 0.15) is 17.3 Å². The third-order valence-corrected chi connectivity index (χ3v) is 5.31. The van der Waals surface area contributed by atoms with Gasteiger partial charge in [0, 0.05) is 25.7 Å². The van der Waals surface area contributed by atoms with E-state index in [-0.39, 0.29) is 16.5 Å². The Hall–Kier alpha value is -1.44. The van der Waals surface area contributed by atoms with Gasteiger partial charge in [-0.15, -0.1) is 0 Å². The minimum absolute atomic E-state index is 0.115. The lowest BCUT2D eigenvalue weighted by Crippen LogP contribution is -2.52. The van der Waals surface area contributed by atoms with E-state index in [9.17, 15) is 13.2 Å². The van der Waals surface area contributed by atoms with Crippen LogP contribution in [0.5, 0.6) is 0 Å². The monoisotopic (exact) mass is 298 g/mol. The molecule has 0 unspecified atom stereocenters. The van der Waals surface area contributed by atoms with Crippen molar-refractivity contribution in [1.29, 1.82) is 0 Å². The summed E-state index contributed by atoms with van der Waals surface area (Å²) >= 11 is 0. The maximum Gasteiger partial charge on any atom is 0.337 e. The lowest BCUT2D eigenvalue weighted by Gasteiger charge is -2.32. The van der Waals surface area contributed by atoms with Crippen molar-refractivity contribution < 1.29 is 17.9 Å². The standard InChI is InChI=1S/C13H18N2O4S/c1-10-9-14-6-7-15(10)20(17,18)12-5-3-4-11(8-12)13(16)19-2/h3-5,8,10,14H,6-7,9H2,1-2H3/t10-/m0/s1. The first-order valence-electron chi connectivity index (χ1n) is 6.38. The molecule has 110 valence electrons.